The van der Waals surface area contributed by atoms with E-state index in [1.54, 1.807) is 0 Å². The number of hydrogen-bond donors (Lipinski definition) is 1. The van der Waals surface area contributed by atoms with Crippen molar-refractivity contribution < 1.29 is 4.79 Å². The zero-order valence-electron chi connectivity index (χ0n) is 7.35. The van der Waals surface area contributed by atoms with Crippen LogP contribution in [0, 0.1) is 6.92 Å². The molecule has 1 aromatic heterocycles. The first-order chi connectivity index (χ1) is 5.70. The van der Waals surface area contributed by atoms with Crippen LogP contribution in [-0.4, -0.2) is 17.0 Å². The zero-order chi connectivity index (χ0) is 8.72. The van der Waals surface area contributed by atoms with Gasteiger partial charge >= 0.3 is 0 Å². The van der Waals surface area contributed by atoms with Crippen molar-refractivity contribution in [2.24, 2.45) is 7.05 Å². The van der Waals surface area contributed by atoms with Crippen molar-refractivity contribution in [3.8, 4) is 0 Å². The highest BCUT2D eigenvalue weighted by molar-refractivity contribution is 5.96. The van der Waals surface area contributed by atoms with Crippen LogP contribution < -0.4 is 5.32 Å². The Morgan fingerprint density at radius 3 is 3.00 bits per heavy atom. The molecule has 12 heavy (non-hydrogen) atoms. The van der Waals surface area contributed by atoms with Gasteiger partial charge in [-0.05, 0) is 13.0 Å². The third-order valence-corrected chi connectivity index (χ3v) is 2.49. The largest absolute Gasteiger partial charge is 0.352 e. The van der Waals surface area contributed by atoms with Crippen molar-refractivity contribution in [1.82, 2.24) is 9.88 Å². The van der Waals surface area contributed by atoms with Gasteiger partial charge < -0.3 is 9.88 Å². The van der Waals surface area contributed by atoms with Crippen molar-refractivity contribution in [3.63, 3.8) is 0 Å². The summed E-state index contributed by atoms with van der Waals surface area (Å²) in [5.41, 5.74) is 3.16. The Morgan fingerprint density at radius 1 is 1.58 bits per heavy atom. The van der Waals surface area contributed by atoms with E-state index >= 15 is 0 Å². The van der Waals surface area contributed by atoms with Gasteiger partial charge in [0.1, 0.15) is 0 Å². The number of carbonyl (C=O) groups is 1. The first-order valence-corrected chi connectivity index (χ1v) is 4.13. The Labute approximate surface area is 71.4 Å². The lowest BCUT2D eigenvalue weighted by molar-refractivity contribution is 0.0945. The highest BCUT2D eigenvalue weighted by atomic mass is 16.1. The molecule has 0 atom stereocenters. The number of rotatable bonds is 0. The zero-order valence-corrected chi connectivity index (χ0v) is 7.35. The normalized spacial score (nSPS) is 15.7. The quantitative estimate of drug-likeness (QED) is 0.599. The van der Waals surface area contributed by atoms with Crippen molar-refractivity contribution in [3.05, 3.63) is 23.0 Å². The molecule has 3 heteroatoms. The molecule has 0 saturated heterocycles. The predicted octanol–water partition coefficient (Wildman–Crippen LogP) is 0.619. The maximum absolute atomic E-state index is 11.3. The average molecular weight is 164 g/mol. The minimum absolute atomic E-state index is 0.0694. The number of amides is 1. The number of nitrogens with zero attached hydrogens (tertiary/aromatic N) is 1. The molecule has 2 rings (SSSR count). The Bertz CT molecular complexity index is 339. The van der Waals surface area contributed by atoms with Gasteiger partial charge in [-0.25, -0.2) is 0 Å². The number of fused-ring (bicyclic) bond motifs is 1. The predicted molar refractivity (Wildman–Crippen MR) is 46.2 cm³/mol. The second kappa shape index (κ2) is 2.37. The van der Waals surface area contributed by atoms with Crippen LogP contribution in [0.5, 0.6) is 0 Å². The van der Waals surface area contributed by atoms with E-state index in [1.165, 1.54) is 0 Å². The third-order valence-electron chi connectivity index (χ3n) is 2.49. The minimum Gasteiger partial charge on any atom is -0.352 e. The molecular weight excluding hydrogens is 152 g/mol. The van der Waals surface area contributed by atoms with Gasteiger partial charge in [-0.1, -0.05) is 0 Å². The van der Waals surface area contributed by atoms with Crippen LogP contribution in [0.2, 0.25) is 0 Å². The summed E-state index contributed by atoms with van der Waals surface area (Å²) in [6, 6.07) is 1.95. The van der Waals surface area contributed by atoms with E-state index in [4.69, 9.17) is 0 Å². The standard InChI is InChI=1S/C9H12N2O/c1-6-5-7-8(11(6)2)3-4-10-9(7)12/h5H,3-4H2,1-2H3,(H,10,12). The summed E-state index contributed by atoms with van der Waals surface area (Å²) in [6.45, 7) is 2.79. The van der Waals surface area contributed by atoms with Crippen molar-refractivity contribution >= 4 is 5.91 Å². The number of carbonyl (C=O) groups excluding carboxylic acids is 1. The van der Waals surface area contributed by atoms with Crippen LogP contribution >= 0.6 is 0 Å². The van der Waals surface area contributed by atoms with Gasteiger partial charge in [0.25, 0.3) is 5.91 Å². The highest BCUT2D eigenvalue weighted by Crippen LogP contribution is 2.17. The summed E-state index contributed by atoms with van der Waals surface area (Å²) >= 11 is 0. The number of nitrogens with one attached hydrogen (secondary N) is 1. The molecule has 1 N–H and O–H groups in total. The Balaban J connectivity index is 2.60. The van der Waals surface area contributed by atoms with Gasteiger partial charge in [0.05, 0.1) is 5.56 Å². The van der Waals surface area contributed by atoms with Crippen LogP contribution in [0.1, 0.15) is 21.7 Å². The second-order valence-electron chi connectivity index (χ2n) is 3.21. The van der Waals surface area contributed by atoms with Gasteiger partial charge in [0, 0.05) is 31.4 Å². The van der Waals surface area contributed by atoms with E-state index in [1.807, 2.05) is 20.0 Å². The summed E-state index contributed by atoms with van der Waals surface area (Å²) in [7, 11) is 2.01. The van der Waals surface area contributed by atoms with E-state index in [0.717, 1.165) is 29.9 Å². The topological polar surface area (TPSA) is 34.0 Å². The third kappa shape index (κ3) is 0.858. The monoisotopic (exact) mass is 164 g/mol. The Morgan fingerprint density at radius 2 is 2.33 bits per heavy atom. The maximum atomic E-state index is 11.3. The Kier molecular flexibility index (Phi) is 1.46. The molecule has 0 fully saturated rings. The highest BCUT2D eigenvalue weighted by Gasteiger charge is 2.20. The van der Waals surface area contributed by atoms with Crippen LogP contribution in [0.3, 0.4) is 0 Å². The van der Waals surface area contributed by atoms with E-state index in [-0.39, 0.29) is 5.91 Å². The molecule has 1 aliphatic heterocycles. The molecule has 64 valence electrons. The second-order valence-corrected chi connectivity index (χ2v) is 3.21. The van der Waals surface area contributed by atoms with Gasteiger partial charge in [-0.3, -0.25) is 4.79 Å². The number of hydrogen-bond acceptors (Lipinski definition) is 1. The summed E-state index contributed by atoms with van der Waals surface area (Å²) in [5, 5.41) is 2.83. The molecule has 0 aliphatic carbocycles. The van der Waals surface area contributed by atoms with Crippen molar-refractivity contribution in [2.45, 2.75) is 13.3 Å². The maximum Gasteiger partial charge on any atom is 0.253 e. The van der Waals surface area contributed by atoms with Crippen LogP contribution in [0.25, 0.3) is 0 Å². The van der Waals surface area contributed by atoms with Crippen molar-refractivity contribution in [1.29, 1.82) is 0 Å². The number of aromatic nitrogens is 1. The first-order valence-electron chi connectivity index (χ1n) is 4.13. The fourth-order valence-electron chi connectivity index (χ4n) is 1.67. The fourth-order valence-corrected chi connectivity index (χ4v) is 1.67. The SMILES string of the molecule is Cc1cc2c(n1C)CCNC2=O. The molecule has 0 bridgehead atoms. The smallest absolute Gasteiger partial charge is 0.253 e. The van der Waals surface area contributed by atoms with Crippen LogP contribution in [0.15, 0.2) is 6.07 Å². The first kappa shape index (κ1) is 7.40. The molecule has 0 aromatic carbocycles. The minimum atomic E-state index is 0.0694. The molecule has 0 saturated carbocycles. The van der Waals surface area contributed by atoms with E-state index in [0.29, 0.717) is 0 Å². The van der Waals surface area contributed by atoms with Gasteiger partial charge in [-0.15, -0.1) is 0 Å². The molecule has 2 heterocycles. The molecule has 1 aromatic rings. The van der Waals surface area contributed by atoms with Crippen LogP contribution in [-0.2, 0) is 13.5 Å². The molecule has 0 unspecified atom stereocenters. The average Bonchev–Trinajstić information content (AvgIpc) is 2.32. The van der Waals surface area contributed by atoms with Crippen molar-refractivity contribution in [2.75, 3.05) is 6.54 Å². The van der Waals surface area contributed by atoms with Crippen LogP contribution in [0.4, 0.5) is 0 Å². The van der Waals surface area contributed by atoms with Gasteiger partial charge in [-0.2, -0.15) is 0 Å². The Hall–Kier alpha value is -1.25. The summed E-state index contributed by atoms with van der Waals surface area (Å²) < 4.78 is 2.09. The molecule has 0 radical (unpaired) electrons. The summed E-state index contributed by atoms with van der Waals surface area (Å²) in [6.07, 6.45) is 0.950. The molecule has 3 nitrogen and oxygen atoms in total. The van der Waals surface area contributed by atoms with E-state index in [9.17, 15) is 4.79 Å². The summed E-state index contributed by atoms with van der Waals surface area (Å²) in [4.78, 5) is 11.3. The fraction of sp³-hybridized carbons (Fsp3) is 0.444. The lowest BCUT2D eigenvalue weighted by Gasteiger charge is -2.14. The lowest BCUT2D eigenvalue weighted by Crippen LogP contribution is -2.31. The molecule has 1 amide bonds. The van der Waals surface area contributed by atoms with Gasteiger partial charge in [0.15, 0.2) is 0 Å². The van der Waals surface area contributed by atoms with E-state index < -0.39 is 0 Å². The molecule has 0 spiro atoms. The lowest BCUT2D eigenvalue weighted by atomic mass is 10.1. The molecule has 1 aliphatic rings. The number of aryl methyl sites for hydroxylation is 1. The molecular formula is C9H12N2O. The van der Waals surface area contributed by atoms with Gasteiger partial charge in [0.2, 0.25) is 0 Å². The summed E-state index contributed by atoms with van der Waals surface area (Å²) in [5.74, 6) is 0.0694. The van der Waals surface area contributed by atoms with E-state index in [2.05, 4.69) is 9.88 Å².